The van der Waals surface area contributed by atoms with Gasteiger partial charge >= 0.3 is 0 Å². The number of ether oxygens (including phenoxy) is 3. The van der Waals surface area contributed by atoms with Gasteiger partial charge in [-0.3, -0.25) is 14.6 Å². The molecule has 9 heteroatoms. The van der Waals surface area contributed by atoms with Crippen molar-refractivity contribution >= 4 is 22.6 Å². The number of carbonyl (C=O) groups is 1. The zero-order valence-corrected chi connectivity index (χ0v) is 21.6. The smallest absolute Gasteiger partial charge is 0.263 e. The van der Waals surface area contributed by atoms with E-state index in [0.29, 0.717) is 28.5 Å². The van der Waals surface area contributed by atoms with E-state index >= 15 is 0 Å². The van der Waals surface area contributed by atoms with Crippen LogP contribution in [0.15, 0.2) is 96.2 Å². The van der Waals surface area contributed by atoms with E-state index in [0.717, 1.165) is 10.9 Å². The third kappa shape index (κ3) is 5.28. The molecule has 0 bridgehead atoms. The number of hydrogen-bond acceptors (Lipinski definition) is 7. The van der Waals surface area contributed by atoms with Crippen LogP contribution in [0.5, 0.6) is 23.0 Å². The van der Waals surface area contributed by atoms with E-state index in [1.165, 1.54) is 16.8 Å². The van der Waals surface area contributed by atoms with E-state index in [1.807, 2.05) is 37.3 Å². The molecule has 1 atom stereocenters. The van der Waals surface area contributed by atoms with Crippen molar-refractivity contribution < 1.29 is 19.0 Å². The number of hydrogen-bond donors (Lipinski definition) is 1. The lowest BCUT2D eigenvalue weighted by molar-refractivity contribution is 0.102. The fourth-order valence-electron chi connectivity index (χ4n) is 4.24. The van der Waals surface area contributed by atoms with Gasteiger partial charge in [0.15, 0.2) is 11.5 Å². The van der Waals surface area contributed by atoms with Crippen molar-refractivity contribution in [3.63, 3.8) is 0 Å². The normalized spacial score (nSPS) is 11.6. The van der Waals surface area contributed by atoms with Gasteiger partial charge in [-0.1, -0.05) is 30.3 Å². The molecule has 39 heavy (non-hydrogen) atoms. The maximum atomic E-state index is 13.1. The molecule has 0 fully saturated rings. The Bertz CT molecular complexity index is 1680. The quantitative estimate of drug-likeness (QED) is 0.288. The number of nitrogens with one attached hydrogen (secondary N) is 1. The van der Waals surface area contributed by atoms with Crippen molar-refractivity contribution in [2.45, 2.75) is 13.0 Å². The zero-order valence-electron chi connectivity index (χ0n) is 21.6. The van der Waals surface area contributed by atoms with Crippen molar-refractivity contribution in [3.8, 4) is 23.0 Å². The Kier molecular flexibility index (Phi) is 7.22. The van der Waals surface area contributed by atoms with Crippen LogP contribution in [0.1, 0.15) is 28.9 Å². The number of rotatable bonds is 8. The summed E-state index contributed by atoms with van der Waals surface area (Å²) in [6, 6.07) is 21.2. The van der Waals surface area contributed by atoms with Crippen LogP contribution in [-0.2, 0) is 0 Å². The van der Waals surface area contributed by atoms with Crippen LogP contribution in [0.4, 0.5) is 5.82 Å². The second kappa shape index (κ2) is 11.1. The van der Waals surface area contributed by atoms with Crippen molar-refractivity contribution in [2.75, 3.05) is 19.5 Å². The second-order valence-electron chi connectivity index (χ2n) is 8.69. The molecule has 0 aliphatic carbocycles. The van der Waals surface area contributed by atoms with Gasteiger partial charge in [0.05, 0.1) is 32.0 Å². The summed E-state index contributed by atoms with van der Waals surface area (Å²) in [4.78, 5) is 34.7. The van der Waals surface area contributed by atoms with Crippen LogP contribution >= 0.6 is 0 Å². The number of aromatic nitrogens is 3. The highest BCUT2D eigenvalue weighted by Gasteiger charge is 2.17. The van der Waals surface area contributed by atoms with Crippen LogP contribution in [0, 0.1) is 0 Å². The third-order valence-corrected chi connectivity index (χ3v) is 6.33. The van der Waals surface area contributed by atoms with Crippen molar-refractivity contribution in [3.05, 3.63) is 113 Å². The number of nitrogens with zero attached hydrogens (tertiary/aromatic N) is 3. The van der Waals surface area contributed by atoms with E-state index in [1.54, 1.807) is 63.0 Å². The van der Waals surface area contributed by atoms with Crippen molar-refractivity contribution in [1.82, 2.24) is 14.5 Å². The fraction of sp³-hybridized carbons (Fsp3) is 0.133. The van der Waals surface area contributed by atoms with E-state index in [9.17, 15) is 9.59 Å². The summed E-state index contributed by atoms with van der Waals surface area (Å²) in [5.74, 6) is 1.86. The molecule has 0 spiro atoms. The van der Waals surface area contributed by atoms with E-state index < -0.39 is 5.91 Å². The Hall–Kier alpha value is -5.18. The van der Waals surface area contributed by atoms with E-state index in [-0.39, 0.29) is 23.0 Å². The zero-order chi connectivity index (χ0) is 27.4. The van der Waals surface area contributed by atoms with Gasteiger partial charge in [-0.2, -0.15) is 0 Å². The standard InChI is InChI=1S/C30H26N4O5/c1-19(20-8-5-4-6-9-20)34-15-7-10-22(30(34)36)29(35)33-28-12-11-21(18-32-28)39-25-13-14-31-24-17-27(38-3)26(37-2)16-23(24)25/h4-19H,1-3H3,(H,32,33,35). The Balaban J connectivity index is 1.33. The summed E-state index contributed by atoms with van der Waals surface area (Å²) < 4.78 is 18.3. The third-order valence-electron chi connectivity index (χ3n) is 6.33. The summed E-state index contributed by atoms with van der Waals surface area (Å²) in [7, 11) is 3.13. The number of fused-ring (bicyclic) bond motifs is 1. The molecule has 0 aliphatic heterocycles. The van der Waals surface area contributed by atoms with E-state index in [4.69, 9.17) is 14.2 Å². The lowest BCUT2D eigenvalue weighted by atomic mass is 10.1. The highest BCUT2D eigenvalue weighted by Crippen LogP contribution is 2.36. The predicted octanol–water partition coefficient (Wildman–Crippen LogP) is 5.46. The molecular formula is C30H26N4O5. The Labute approximate surface area is 224 Å². The van der Waals surface area contributed by atoms with E-state index in [2.05, 4.69) is 15.3 Å². The van der Waals surface area contributed by atoms with Crippen LogP contribution in [0.3, 0.4) is 0 Å². The average molecular weight is 523 g/mol. The molecule has 9 nitrogen and oxygen atoms in total. The van der Waals surface area contributed by atoms with Crippen LogP contribution < -0.4 is 25.1 Å². The van der Waals surface area contributed by atoms with Gasteiger partial charge in [0.2, 0.25) is 0 Å². The molecule has 0 aliphatic rings. The molecule has 3 heterocycles. The maximum absolute atomic E-state index is 13.1. The van der Waals surface area contributed by atoms with Crippen LogP contribution in [0.25, 0.3) is 10.9 Å². The number of pyridine rings is 3. The minimum Gasteiger partial charge on any atom is -0.493 e. The lowest BCUT2D eigenvalue weighted by Crippen LogP contribution is -2.30. The highest BCUT2D eigenvalue weighted by atomic mass is 16.5. The molecule has 1 unspecified atom stereocenters. The SMILES string of the molecule is COc1cc2nccc(Oc3ccc(NC(=O)c4cccn(C(C)c5ccccc5)c4=O)nc3)c2cc1OC. The Morgan fingerprint density at radius 2 is 1.67 bits per heavy atom. The monoisotopic (exact) mass is 522 g/mol. The minimum atomic E-state index is -0.544. The number of carbonyl (C=O) groups excluding carboxylic acids is 1. The number of benzene rings is 2. The summed E-state index contributed by atoms with van der Waals surface area (Å²) >= 11 is 0. The molecule has 1 N–H and O–H groups in total. The first-order valence-corrected chi connectivity index (χ1v) is 12.2. The first-order chi connectivity index (χ1) is 19.0. The topological polar surface area (TPSA) is 105 Å². The van der Waals surface area contributed by atoms with Crippen molar-refractivity contribution in [2.24, 2.45) is 0 Å². The molecule has 0 saturated heterocycles. The summed E-state index contributed by atoms with van der Waals surface area (Å²) in [6.45, 7) is 1.91. The number of amides is 1. The summed E-state index contributed by atoms with van der Waals surface area (Å²) in [5.41, 5.74) is 1.28. The highest BCUT2D eigenvalue weighted by molar-refractivity contribution is 6.03. The second-order valence-corrected chi connectivity index (χ2v) is 8.69. The van der Waals surface area contributed by atoms with Gasteiger partial charge in [-0.05, 0) is 48.9 Å². The molecule has 3 aromatic heterocycles. The largest absolute Gasteiger partial charge is 0.493 e. The van der Waals surface area contributed by atoms with Crippen LogP contribution in [0.2, 0.25) is 0 Å². The molecular weight excluding hydrogens is 496 g/mol. The summed E-state index contributed by atoms with van der Waals surface area (Å²) in [6.07, 6.45) is 4.80. The molecule has 0 radical (unpaired) electrons. The first kappa shape index (κ1) is 25.5. The number of anilines is 1. The first-order valence-electron chi connectivity index (χ1n) is 12.2. The molecule has 5 aromatic rings. The van der Waals surface area contributed by atoms with Gasteiger partial charge in [0, 0.05) is 23.8 Å². The molecule has 2 aromatic carbocycles. The van der Waals surface area contributed by atoms with Gasteiger partial charge in [-0.25, -0.2) is 4.98 Å². The molecule has 196 valence electrons. The average Bonchev–Trinajstić information content (AvgIpc) is 2.97. The fourth-order valence-corrected chi connectivity index (χ4v) is 4.24. The number of methoxy groups -OCH3 is 2. The summed E-state index contributed by atoms with van der Waals surface area (Å²) in [5, 5.41) is 3.43. The maximum Gasteiger partial charge on any atom is 0.263 e. The Morgan fingerprint density at radius 1 is 0.897 bits per heavy atom. The van der Waals surface area contributed by atoms with Gasteiger partial charge in [0.1, 0.15) is 22.9 Å². The van der Waals surface area contributed by atoms with Gasteiger partial charge in [-0.15, -0.1) is 0 Å². The molecule has 0 saturated carbocycles. The lowest BCUT2D eigenvalue weighted by Gasteiger charge is -2.16. The molecule has 1 amide bonds. The predicted molar refractivity (Wildman–Crippen MR) is 148 cm³/mol. The minimum absolute atomic E-state index is 0.0232. The van der Waals surface area contributed by atoms with Crippen LogP contribution in [-0.4, -0.2) is 34.7 Å². The Morgan fingerprint density at radius 3 is 2.38 bits per heavy atom. The molecule has 5 rings (SSSR count). The van der Waals surface area contributed by atoms with Gasteiger partial charge in [0.25, 0.3) is 11.5 Å². The van der Waals surface area contributed by atoms with Gasteiger partial charge < -0.3 is 24.1 Å². The van der Waals surface area contributed by atoms with Crippen molar-refractivity contribution in [1.29, 1.82) is 0 Å².